The molecule has 4 nitrogen and oxygen atoms in total. The fourth-order valence-electron chi connectivity index (χ4n) is 4.04. The first kappa shape index (κ1) is 21.2. The van der Waals surface area contributed by atoms with Gasteiger partial charge in [-0.15, -0.1) is 0 Å². The van der Waals surface area contributed by atoms with Gasteiger partial charge in [-0.1, -0.05) is 85.8 Å². The number of anilines is 1. The van der Waals surface area contributed by atoms with Crippen molar-refractivity contribution in [3.8, 4) is 0 Å². The number of hydrogen-bond acceptors (Lipinski definition) is 3. The van der Waals surface area contributed by atoms with E-state index < -0.39 is 0 Å². The second-order valence-electron chi connectivity index (χ2n) is 7.62. The van der Waals surface area contributed by atoms with Crippen molar-refractivity contribution in [2.24, 2.45) is 11.0 Å². The highest BCUT2D eigenvalue weighted by Crippen LogP contribution is 2.42. The third-order valence-corrected chi connectivity index (χ3v) is 5.76. The molecule has 3 aromatic rings. The Bertz CT molecular complexity index is 1010. The van der Waals surface area contributed by atoms with Crippen LogP contribution in [0.5, 0.6) is 0 Å². The maximum absolute atomic E-state index is 6.64. The van der Waals surface area contributed by atoms with Crippen molar-refractivity contribution in [3.63, 3.8) is 0 Å². The van der Waals surface area contributed by atoms with E-state index in [1.54, 1.807) is 0 Å². The summed E-state index contributed by atoms with van der Waals surface area (Å²) in [6, 6.07) is 30.6. The van der Waals surface area contributed by atoms with Crippen LogP contribution in [0.4, 0.5) is 5.69 Å². The zero-order chi connectivity index (χ0) is 21.5. The summed E-state index contributed by atoms with van der Waals surface area (Å²) in [5, 5.41) is 8.43. The Morgan fingerprint density at radius 2 is 1.48 bits per heavy atom. The van der Waals surface area contributed by atoms with E-state index in [2.05, 4.69) is 66.2 Å². The van der Waals surface area contributed by atoms with Crippen molar-refractivity contribution in [1.82, 2.24) is 5.43 Å². The molecule has 1 fully saturated rings. The van der Waals surface area contributed by atoms with E-state index in [1.165, 1.54) is 5.56 Å². The number of benzene rings is 3. The number of ether oxygens (including phenoxy) is 1. The SMILES string of the molecule is CC[C@@H]1/C(=N/NC(=S)Nc2ccccc2)C[C@@H](c2ccccc2)O[C@H]1c1ccccc1. The van der Waals surface area contributed by atoms with Gasteiger partial charge in [-0.3, -0.25) is 5.43 Å². The van der Waals surface area contributed by atoms with Crippen LogP contribution >= 0.6 is 12.2 Å². The van der Waals surface area contributed by atoms with Gasteiger partial charge in [0.15, 0.2) is 5.11 Å². The first-order chi connectivity index (χ1) is 15.2. The van der Waals surface area contributed by atoms with E-state index in [0.29, 0.717) is 5.11 Å². The quantitative estimate of drug-likeness (QED) is 0.371. The Balaban J connectivity index is 1.58. The van der Waals surface area contributed by atoms with Crippen LogP contribution in [0.15, 0.2) is 96.1 Å². The van der Waals surface area contributed by atoms with E-state index in [0.717, 1.165) is 29.8 Å². The molecule has 1 aliphatic rings. The Morgan fingerprint density at radius 3 is 2.10 bits per heavy atom. The summed E-state index contributed by atoms with van der Waals surface area (Å²) in [4.78, 5) is 0. The van der Waals surface area contributed by atoms with E-state index in [-0.39, 0.29) is 18.1 Å². The minimum atomic E-state index is -0.0543. The van der Waals surface area contributed by atoms with Crippen LogP contribution in [0.1, 0.15) is 43.1 Å². The van der Waals surface area contributed by atoms with Crippen molar-refractivity contribution in [3.05, 3.63) is 102 Å². The van der Waals surface area contributed by atoms with Gasteiger partial charge in [0.2, 0.25) is 0 Å². The molecule has 0 spiro atoms. The van der Waals surface area contributed by atoms with Gasteiger partial charge in [0.05, 0.1) is 12.2 Å². The van der Waals surface area contributed by atoms with Gasteiger partial charge in [0.25, 0.3) is 0 Å². The highest BCUT2D eigenvalue weighted by molar-refractivity contribution is 7.80. The number of hydrogen-bond donors (Lipinski definition) is 2. The minimum absolute atomic E-state index is 0.0505. The molecule has 1 heterocycles. The van der Waals surface area contributed by atoms with Gasteiger partial charge in [-0.05, 0) is 41.9 Å². The second-order valence-corrected chi connectivity index (χ2v) is 8.03. The molecule has 4 rings (SSSR count). The van der Waals surface area contributed by atoms with Gasteiger partial charge >= 0.3 is 0 Å². The Labute approximate surface area is 189 Å². The summed E-state index contributed by atoms with van der Waals surface area (Å²) in [5.74, 6) is 0.175. The maximum Gasteiger partial charge on any atom is 0.191 e. The van der Waals surface area contributed by atoms with Crippen molar-refractivity contribution in [1.29, 1.82) is 0 Å². The molecular formula is C26H27N3OS. The lowest BCUT2D eigenvalue weighted by molar-refractivity contribution is -0.0471. The molecular weight excluding hydrogens is 402 g/mol. The molecule has 0 aromatic heterocycles. The lowest BCUT2D eigenvalue weighted by Crippen LogP contribution is -2.35. The number of nitrogens with one attached hydrogen (secondary N) is 2. The van der Waals surface area contributed by atoms with Crippen molar-refractivity contribution in [2.45, 2.75) is 32.0 Å². The second kappa shape index (κ2) is 10.3. The van der Waals surface area contributed by atoms with E-state index in [9.17, 15) is 0 Å². The molecule has 31 heavy (non-hydrogen) atoms. The highest BCUT2D eigenvalue weighted by Gasteiger charge is 2.36. The minimum Gasteiger partial charge on any atom is -0.365 e. The van der Waals surface area contributed by atoms with E-state index in [4.69, 9.17) is 22.1 Å². The molecule has 0 amide bonds. The molecule has 0 unspecified atom stereocenters. The molecule has 3 atom stereocenters. The molecule has 0 saturated carbocycles. The molecule has 2 N–H and O–H groups in total. The van der Waals surface area contributed by atoms with Crippen LogP contribution in [-0.2, 0) is 4.74 Å². The summed E-state index contributed by atoms with van der Waals surface area (Å²) in [7, 11) is 0. The molecule has 0 aliphatic carbocycles. The predicted molar refractivity (Wildman–Crippen MR) is 131 cm³/mol. The van der Waals surface area contributed by atoms with Gasteiger partial charge in [0, 0.05) is 23.7 Å². The Morgan fingerprint density at radius 1 is 0.903 bits per heavy atom. The monoisotopic (exact) mass is 429 g/mol. The molecule has 0 radical (unpaired) electrons. The van der Waals surface area contributed by atoms with Gasteiger partial charge < -0.3 is 10.1 Å². The number of hydrazone groups is 1. The fraction of sp³-hybridized carbons (Fsp3) is 0.231. The van der Waals surface area contributed by atoms with Gasteiger partial charge in [0.1, 0.15) is 0 Å². The predicted octanol–water partition coefficient (Wildman–Crippen LogP) is 6.26. The summed E-state index contributed by atoms with van der Waals surface area (Å²) in [6.45, 7) is 2.18. The molecule has 0 bridgehead atoms. The van der Waals surface area contributed by atoms with Crippen molar-refractivity contribution < 1.29 is 4.74 Å². The fourth-order valence-corrected chi connectivity index (χ4v) is 4.20. The van der Waals surface area contributed by atoms with E-state index >= 15 is 0 Å². The topological polar surface area (TPSA) is 45.7 Å². The average Bonchev–Trinajstić information content (AvgIpc) is 2.84. The normalized spacial score (nSPS) is 22.1. The summed E-state index contributed by atoms with van der Waals surface area (Å²) >= 11 is 5.46. The third-order valence-electron chi connectivity index (χ3n) is 5.57. The third kappa shape index (κ3) is 5.37. The maximum atomic E-state index is 6.64. The number of thiocarbonyl (C=S) groups is 1. The largest absolute Gasteiger partial charge is 0.365 e. The average molecular weight is 430 g/mol. The number of para-hydroxylation sites is 1. The zero-order valence-corrected chi connectivity index (χ0v) is 18.4. The first-order valence-electron chi connectivity index (χ1n) is 10.7. The lowest BCUT2D eigenvalue weighted by Gasteiger charge is -2.38. The number of nitrogens with zero attached hydrogens (tertiary/aromatic N) is 1. The van der Waals surface area contributed by atoms with Crippen LogP contribution in [0, 0.1) is 5.92 Å². The summed E-state index contributed by atoms with van der Waals surface area (Å²) in [6.07, 6.45) is 1.56. The molecule has 1 aliphatic heterocycles. The molecule has 158 valence electrons. The standard InChI is InChI=1S/C26H27N3OS/c1-2-22-23(28-29-26(31)27-21-16-10-5-11-17-21)18-24(19-12-6-3-7-13-19)30-25(22)20-14-8-4-9-15-20/h3-17,22,24-25H,2,18H2,1H3,(H2,27,29,31)/b28-23+/t22-,24+,25+/m1/s1. The van der Waals surface area contributed by atoms with Crippen LogP contribution in [0.25, 0.3) is 0 Å². The Kier molecular flexibility index (Phi) is 7.07. The van der Waals surface area contributed by atoms with Crippen LogP contribution in [0.2, 0.25) is 0 Å². The smallest absolute Gasteiger partial charge is 0.191 e. The van der Waals surface area contributed by atoms with Crippen molar-refractivity contribution >= 4 is 28.7 Å². The lowest BCUT2D eigenvalue weighted by atomic mass is 9.83. The van der Waals surface area contributed by atoms with Crippen LogP contribution in [0.3, 0.4) is 0 Å². The highest BCUT2D eigenvalue weighted by atomic mass is 32.1. The zero-order valence-electron chi connectivity index (χ0n) is 17.6. The summed E-state index contributed by atoms with van der Waals surface area (Å²) in [5.41, 5.74) is 7.41. The summed E-state index contributed by atoms with van der Waals surface area (Å²) < 4.78 is 6.64. The van der Waals surface area contributed by atoms with Crippen LogP contribution in [-0.4, -0.2) is 10.8 Å². The van der Waals surface area contributed by atoms with Gasteiger partial charge in [-0.2, -0.15) is 5.10 Å². The van der Waals surface area contributed by atoms with E-state index in [1.807, 2.05) is 42.5 Å². The molecule has 3 aromatic carbocycles. The molecule has 1 saturated heterocycles. The Hall–Kier alpha value is -3.02. The number of rotatable bonds is 5. The van der Waals surface area contributed by atoms with Crippen molar-refractivity contribution in [2.75, 3.05) is 5.32 Å². The molecule has 5 heteroatoms. The van der Waals surface area contributed by atoms with Gasteiger partial charge in [-0.25, -0.2) is 0 Å². The first-order valence-corrected chi connectivity index (χ1v) is 11.1. The van der Waals surface area contributed by atoms with Crippen LogP contribution < -0.4 is 10.7 Å².